The quantitative estimate of drug-likeness (QED) is 0.193. The Balaban J connectivity index is 1.75. The average Bonchev–Trinajstić information content (AvgIpc) is 3.35. The lowest BCUT2D eigenvalue weighted by Crippen LogP contribution is -2.55. The van der Waals surface area contributed by atoms with Crippen LogP contribution in [0.5, 0.6) is 5.75 Å². The topological polar surface area (TPSA) is 161 Å². The summed E-state index contributed by atoms with van der Waals surface area (Å²) in [4.78, 5) is 59.2. The summed E-state index contributed by atoms with van der Waals surface area (Å²) in [7, 11) is 1.52. The van der Waals surface area contributed by atoms with Gasteiger partial charge in [0.05, 0.1) is 29.8 Å². The highest BCUT2D eigenvalue weighted by molar-refractivity contribution is 9.10. The maximum atomic E-state index is 14.3. The van der Waals surface area contributed by atoms with Gasteiger partial charge in [0, 0.05) is 30.3 Å². The highest BCUT2D eigenvalue weighted by Crippen LogP contribution is 2.29. The summed E-state index contributed by atoms with van der Waals surface area (Å²) in [5.41, 5.74) is 2.87. The van der Waals surface area contributed by atoms with E-state index in [9.17, 15) is 29.4 Å². The lowest BCUT2D eigenvalue weighted by Gasteiger charge is -2.31. The number of hydrogen-bond donors (Lipinski definition) is 5. The number of allylic oxidation sites excluding steroid dienone is 1. The van der Waals surface area contributed by atoms with Crippen molar-refractivity contribution in [3.63, 3.8) is 0 Å². The van der Waals surface area contributed by atoms with E-state index in [1.807, 2.05) is 37.3 Å². The van der Waals surface area contributed by atoms with Crippen molar-refractivity contribution in [1.82, 2.24) is 20.5 Å². The van der Waals surface area contributed by atoms with Crippen LogP contribution < -0.4 is 10.6 Å². The zero-order valence-corrected chi connectivity index (χ0v) is 29.5. The zero-order chi connectivity index (χ0) is 35.1. The second-order valence-electron chi connectivity index (χ2n) is 12.8. The van der Waals surface area contributed by atoms with Gasteiger partial charge < -0.3 is 35.5 Å². The van der Waals surface area contributed by atoms with Crippen LogP contribution in [0.15, 0.2) is 64.8 Å². The lowest BCUT2D eigenvalue weighted by molar-refractivity contribution is -0.149. The first-order valence-electron chi connectivity index (χ1n) is 16.2. The summed E-state index contributed by atoms with van der Waals surface area (Å²) in [5, 5.41) is 26.6. The molecule has 0 radical (unpaired) electrons. The lowest BCUT2D eigenvalue weighted by atomic mass is 9.95. The molecule has 3 aromatic rings. The second-order valence-corrected chi connectivity index (χ2v) is 13.6. The molecule has 0 spiro atoms. The number of ether oxygens (including phenoxy) is 1. The van der Waals surface area contributed by atoms with Gasteiger partial charge in [-0.05, 0) is 83.4 Å². The Morgan fingerprint density at radius 1 is 0.938 bits per heavy atom. The molecule has 3 amide bonds. The number of rotatable bonds is 4. The standard InChI is InChI=1S/C36H45BrN4O7/c1-20-14-22(3)48-32(44)18-30(25-10-12-26(43)13-11-25)40-35(46)31(17-28-27-8-6-7-9-29(27)39-33(28)37)41(5)36(47)23(4)38-34(45)21(2)16-24(15-20)19-42/h6-13,15,20-23,30-31,39,42-43H,14,16-19H2,1-5H3,(H,38,45)(H,40,46)/b24-15+/t20-,21+,22+,23+,30-,31-/m1/s1. The highest BCUT2D eigenvalue weighted by atomic mass is 79.9. The number of aromatic nitrogens is 1. The number of nitrogens with zero attached hydrogens (tertiary/aromatic N) is 1. The van der Waals surface area contributed by atoms with Crippen molar-refractivity contribution >= 4 is 50.5 Å². The average molecular weight is 726 g/mol. The molecule has 11 nitrogen and oxygen atoms in total. The van der Waals surface area contributed by atoms with E-state index in [1.54, 1.807) is 32.9 Å². The van der Waals surface area contributed by atoms with Crippen LogP contribution in [0.2, 0.25) is 0 Å². The molecule has 0 bridgehead atoms. The molecule has 0 aliphatic carbocycles. The van der Waals surface area contributed by atoms with E-state index in [-0.39, 0.29) is 43.4 Å². The number of phenolic OH excluding ortho intramolecular Hbond substituents is 1. The smallest absolute Gasteiger partial charge is 0.308 e. The van der Waals surface area contributed by atoms with Gasteiger partial charge in [-0.25, -0.2) is 0 Å². The number of carbonyl (C=O) groups is 4. The molecule has 0 saturated heterocycles. The maximum Gasteiger partial charge on any atom is 0.308 e. The summed E-state index contributed by atoms with van der Waals surface area (Å²) in [5.74, 6) is -2.47. The minimum Gasteiger partial charge on any atom is -0.508 e. The van der Waals surface area contributed by atoms with E-state index in [0.717, 1.165) is 16.5 Å². The molecule has 6 atom stereocenters. The summed E-state index contributed by atoms with van der Waals surface area (Å²) >= 11 is 3.59. The number of fused-ring (bicyclic) bond motifs is 1. The van der Waals surface area contributed by atoms with Gasteiger partial charge in [-0.2, -0.15) is 0 Å². The number of esters is 1. The Kier molecular flexibility index (Phi) is 12.4. The van der Waals surface area contributed by atoms with Crippen LogP contribution in [-0.2, 0) is 30.3 Å². The number of carbonyl (C=O) groups excluding carboxylic acids is 4. The maximum absolute atomic E-state index is 14.3. The highest BCUT2D eigenvalue weighted by Gasteiger charge is 2.34. The number of amides is 3. The van der Waals surface area contributed by atoms with Crippen molar-refractivity contribution in [2.24, 2.45) is 11.8 Å². The predicted octanol–water partition coefficient (Wildman–Crippen LogP) is 4.67. The third-order valence-electron chi connectivity index (χ3n) is 8.76. The first-order valence-corrected chi connectivity index (χ1v) is 17.0. The van der Waals surface area contributed by atoms with E-state index in [4.69, 9.17) is 4.74 Å². The monoisotopic (exact) mass is 724 g/mol. The second kappa shape index (κ2) is 16.3. The van der Waals surface area contributed by atoms with E-state index in [1.165, 1.54) is 24.1 Å². The van der Waals surface area contributed by atoms with Crippen molar-refractivity contribution in [2.45, 2.75) is 77.6 Å². The minimum atomic E-state index is -1.05. The Labute approximate surface area is 289 Å². The number of para-hydroxylation sites is 1. The van der Waals surface area contributed by atoms with Crippen molar-refractivity contribution in [3.8, 4) is 5.75 Å². The fourth-order valence-electron chi connectivity index (χ4n) is 6.22. The van der Waals surface area contributed by atoms with Gasteiger partial charge in [0.15, 0.2) is 0 Å². The molecule has 0 unspecified atom stereocenters. The number of aromatic amines is 1. The Hall–Kier alpha value is -4.16. The molecule has 0 fully saturated rings. The van der Waals surface area contributed by atoms with Gasteiger partial charge in [-0.15, -0.1) is 0 Å². The zero-order valence-electron chi connectivity index (χ0n) is 28.0. The van der Waals surface area contributed by atoms with Gasteiger partial charge >= 0.3 is 5.97 Å². The third-order valence-corrected chi connectivity index (χ3v) is 9.44. The predicted molar refractivity (Wildman–Crippen MR) is 186 cm³/mol. The van der Waals surface area contributed by atoms with E-state index < -0.39 is 47.9 Å². The number of hydrogen-bond acceptors (Lipinski definition) is 7. The number of cyclic esters (lactones) is 1. The molecular formula is C36H45BrN4O7. The first kappa shape index (κ1) is 36.7. The molecule has 4 rings (SSSR count). The van der Waals surface area contributed by atoms with Crippen molar-refractivity contribution in [2.75, 3.05) is 13.7 Å². The molecule has 2 heterocycles. The number of aromatic hydroxyl groups is 1. The van der Waals surface area contributed by atoms with Crippen LogP contribution in [0.3, 0.4) is 0 Å². The summed E-state index contributed by atoms with van der Waals surface area (Å²) in [6.07, 6.45) is 2.09. The SMILES string of the molecule is C[C@@H]1NC(=O)[C@@H](C)C/C(CO)=C\[C@H](C)C[C@H](C)OC(=O)C[C@H](c2ccc(O)cc2)NC(=O)[C@@H](Cc2c(Br)[nH]c3ccccc23)N(C)C1=O. The van der Waals surface area contributed by atoms with Gasteiger partial charge in [-0.3, -0.25) is 19.2 Å². The summed E-state index contributed by atoms with van der Waals surface area (Å²) in [6, 6.07) is 10.9. The van der Waals surface area contributed by atoms with E-state index in [0.29, 0.717) is 22.2 Å². The molecule has 48 heavy (non-hydrogen) atoms. The number of benzene rings is 2. The Morgan fingerprint density at radius 3 is 2.31 bits per heavy atom. The summed E-state index contributed by atoms with van der Waals surface area (Å²) < 4.78 is 6.43. The number of halogens is 1. The van der Waals surface area contributed by atoms with Gasteiger partial charge in [0.2, 0.25) is 17.7 Å². The molecule has 2 aromatic carbocycles. The molecule has 5 N–H and O–H groups in total. The molecule has 0 saturated carbocycles. The van der Waals surface area contributed by atoms with E-state index in [2.05, 4.69) is 31.5 Å². The number of phenols is 1. The number of aliphatic hydroxyl groups excluding tert-OH is 1. The van der Waals surface area contributed by atoms with Crippen LogP contribution in [0.1, 0.15) is 64.1 Å². The molecule has 1 aromatic heterocycles. The van der Waals surface area contributed by atoms with Crippen LogP contribution in [0, 0.1) is 11.8 Å². The number of nitrogens with one attached hydrogen (secondary N) is 3. The Morgan fingerprint density at radius 2 is 1.62 bits per heavy atom. The normalized spacial score (nSPS) is 26.8. The molecule has 1 aliphatic heterocycles. The Bertz CT molecular complexity index is 1650. The molecule has 258 valence electrons. The van der Waals surface area contributed by atoms with Crippen LogP contribution in [0.25, 0.3) is 10.9 Å². The van der Waals surface area contributed by atoms with Crippen molar-refractivity contribution in [1.29, 1.82) is 0 Å². The number of H-pyrrole nitrogens is 1. The molecular weight excluding hydrogens is 680 g/mol. The molecule has 1 aliphatic rings. The van der Waals surface area contributed by atoms with E-state index >= 15 is 0 Å². The minimum absolute atomic E-state index is 0.0272. The van der Waals surface area contributed by atoms with Crippen LogP contribution in [0.4, 0.5) is 0 Å². The van der Waals surface area contributed by atoms with Gasteiger partial charge in [0.1, 0.15) is 17.8 Å². The fraction of sp³-hybridized carbons (Fsp3) is 0.444. The first-order chi connectivity index (χ1) is 22.8. The fourth-order valence-corrected chi connectivity index (χ4v) is 6.81. The van der Waals surface area contributed by atoms with Gasteiger partial charge in [0.25, 0.3) is 0 Å². The van der Waals surface area contributed by atoms with Crippen molar-refractivity contribution < 1.29 is 34.1 Å². The largest absolute Gasteiger partial charge is 0.508 e. The van der Waals surface area contributed by atoms with Crippen LogP contribution >= 0.6 is 15.9 Å². The summed E-state index contributed by atoms with van der Waals surface area (Å²) in [6.45, 7) is 6.79. The van der Waals surface area contributed by atoms with Gasteiger partial charge in [-0.1, -0.05) is 50.3 Å². The number of likely N-dealkylation sites (N-methyl/N-ethyl adjacent to an activating group) is 1. The number of aliphatic hydroxyl groups is 1. The van der Waals surface area contributed by atoms with Crippen molar-refractivity contribution in [3.05, 3.63) is 75.9 Å². The third kappa shape index (κ3) is 9.25. The van der Waals surface area contributed by atoms with Crippen LogP contribution in [-0.4, -0.2) is 75.6 Å². The molecule has 12 heteroatoms.